The zero-order chi connectivity index (χ0) is 11.8. The number of H-pyrrole nitrogens is 1. The van der Waals surface area contributed by atoms with Gasteiger partial charge < -0.3 is 10.3 Å². The second kappa shape index (κ2) is 3.79. The van der Waals surface area contributed by atoms with Gasteiger partial charge in [0.1, 0.15) is 6.04 Å². The Morgan fingerprint density at radius 1 is 1.38 bits per heavy atom. The van der Waals surface area contributed by atoms with Gasteiger partial charge in [-0.15, -0.1) is 0 Å². The van der Waals surface area contributed by atoms with Gasteiger partial charge in [-0.05, 0) is 24.7 Å². The van der Waals surface area contributed by atoms with E-state index in [0.29, 0.717) is 11.0 Å². The molecule has 86 valence electrons. The lowest BCUT2D eigenvalue weighted by Gasteiger charge is -2.19. The van der Waals surface area contributed by atoms with E-state index in [1.165, 1.54) is 25.5 Å². The van der Waals surface area contributed by atoms with E-state index in [1.807, 2.05) is 0 Å². The van der Waals surface area contributed by atoms with Crippen LogP contribution in [-0.4, -0.2) is 23.2 Å². The number of rotatable bonds is 2. The summed E-state index contributed by atoms with van der Waals surface area (Å²) < 4.78 is 37.9. The second-order valence-electron chi connectivity index (χ2n) is 3.44. The zero-order valence-electron chi connectivity index (χ0n) is 8.47. The van der Waals surface area contributed by atoms with Crippen molar-refractivity contribution < 1.29 is 13.2 Å². The fraction of sp³-hybridized carbons (Fsp3) is 0.300. The molecule has 6 heteroatoms. The molecule has 3 nitrogen and oxygen atoms in total. The molecular weight excluding hydrogens is 219 g/mol. The fourth-order valence-corrected chi connectivity index (χ4v) is 1.65. The first-order valence-electron chi connectivity index (χ1n) is 4.69. The molecule has 2 N–H and O–H groups in total. The van der Waals surface area contributed by atoms with Crippen molar-refractivity contribution in [3.8, 4) is 0 Å². The number of imidazole rings is 1. The molecule has 0 saturated carbocycles. The fourth-order valence-electron chi connectivity index (χ4n) is 1.65. The van der Waals surface area contributed by atoms with E-state index in [4.69, 9.17) is 0 Å². The predicted molar refractivity (Wildman–Crippen MR) is 53.9 cm³/mol. The molecule has 0 radical (unpaired) electrons. The van der Waals surface area contributed by atoms with E-state index >= 15 is 0 Å². The average molecular weight is 229 g/mol. The van der Waals surface area contributed by atoms with Crippen LogP contribution in [-0.2, 0) is 0 Å². The number of aromatic amines is 1. The number of aromatic nitrogens is 2. The molecule has 2 rings (SSSR count). The highest BCUT2D eigenvalue weighted by atomic mass is 19.4. The molecule has 2 aromatic rings. The Hall–Kier alpha value is -1.56. The van der Waals surface area contributed by atoms with Crippen molar-refractivity contribution in [3.63, 3.8) is 0 Å². The highest BCUT2D eigenvalue weighted by Crippen LogP contribution is 2.33. The minimum absolute atomic E-state index is 0.173. The highest BCUT2D eigenvalue weighted by Gasteiger charge is 2.39. The summed E-state index contributed by atoms with van der Waals surface area (Å²) in [6.07, 6.45) is -2.85. The molecule has 1 aromatic carbocycles. The lowest BCUT2D eigenvalue weighted by molar-refractivity contribution is -0.156. The van der Waals surface area contributed by atoms with E-state index < -0.39 is 12.2 Å². The largest absolute Gasteiger partial charge is 0.407 e. The van der Waals surface area contributed by atoms with Gasteiger partial charge in [-0.25, -0.2) is 4.98 Å². The first-order chi connectivity index (χ1) is 7.52. The quantitative estimate of drug-likeness (QED) is 0.830. The number of halogens is 3. The van der Waals surface area contributed by atoms with Crippen LogP contribution in [0, 0.1) is 0 Å². The summed E-state index contributed by atoms with van der Waals surface area (Å²) in [7, 11) is 1.29. The smallest absolute Gasteiger partial charge is 0.345 e. The molecule has 0 aliphatic heterocycles. The Labute approximate surface area is 89.7 Å². The number of hydrogen-bond acceptors (Lipinski definition) is 2. The summed E-state index contributed by atoms with van der Waals surface area (Å²) in [5.74, 6) is 0. The molecule has 0 amide bonds. The van der Waals surface area contributed by atoms with Gasteiger partial charge in [0.2, 0.25) is 0 Å². The molecule has 0 bridgehead atoms. The number of nitrogens with zero attached hydrogens (tertiary/aromatic N) is 1. The molecule has 16 heavy (non-hydrogen) atoms. The monoisotopic (exact) mass is 229 g/mol. The Morgan fingerprint density at radius 2 is 2.12 bits per heavy atom. The van der Waals surface area contributed by atoms with Crippen molar-refractivity contribution in [1.82, 2.24) is 15.3 Å². The number of nitrogens with one attached hydrogen (secondary N) is 2. The summed E-state index contributed by atoms with van der Waals surface area (Å²) in [5.41, 5.74) is 1.43. The minimum Gasteiger partial charge on any atom is -0.345 e. The predicted octanol–water partition coefficient (Wildman–Crippen LogP) is 2.39. The van der Waals surface area contributed by atoms with E-state index in [2.05, 4.69) is 15.3 Å². The van der Waals surface area contributed by atoms with Crippen LogP contribution in [0.15, 0.2) is 24.5 Å². The second-order valence-corrected chi connectivity index (χ2v) is 3.44. The average Bonchev–Trinajstić information content (AvgIpc) is 2.63. The molecule has 1 aromatic heterocycles. The van der Waals surface area contributed by atoms with Crippen LogP contribution >= 0.6 is 0 Å². The van der Waals surface area contributed by atoms with Gasteiger partial charge in [0.25, 0.3) is 0 Å². The van der Waals surface area contributed by atoms with Gasteiger partial charge in [-0.2, -0.15) is 13.2 Å². The summed E-state index contributed by atoms with van der Waals surface area (Å²) in [6, 6.07) is 2.80. The van der Waals surface area contributed by atoms with Gasteiger partial charge in [0.15, 0.2) is 0 Å². The SMILES string of the molecule is CNC(c1ccc2nc[nH]c2c1)C(F)(F)F. The minimum atomic E-state index is -4.30. The highest BCUT2D eigenvalue weighted by molar-refractivity contribution is 5.75. The number of fused-ring (bicyclic) bond motifs is 1. The molecule has 0 aliphatic carbocycles. The standard InChI is InChI=1S/C10H10F3N3/c1-14-9(10(11,12)13)6-2-3-7-8(4-6)16-5-15-7/h2-5,9,14H,1H3,(H,15,16). The molecule has 1 heterocycles. The summed E-state index contributed by atoms with van der Waals surface area (Å²) in [4.78, 5) is 6.73. The van der Waals surface area contributed by atoms with E-state index in [-0.39, 0.29) is 5.56 Å². The normalized spacial score (nSPS) is 14.2. The maximum atomic E-state index is 12.6. The lowest BCUT2D eigenvalue weighted by Crippen LogP contribution is -2.31. The van der Waals surface area contributed by atoms with Crippen molar-refractivity contribution in [1.29, 1.82) is 0 Å². The first kappa shape index (κ1) is 10.9. The van der Waals surface area contributed by atoms with Crippen LogP contribution in [0.2, 0.25) is 0 Å². The Balaban J connectivity index is 2.45. The van der Waals surface area contributed by atoms with Crippen molar-refractivity contribution in [3.05, 3.63) is 30.1 Å². The zero-order valence-corrected chi connectivity index (χ0v) is 8.47. The molecule has 0 saturated heterocycles. The van der Waals surface area contributed by atoms with Gasteiger partial charge >= 0.3 is 6.18 Å². The Morgan fingerprint density at radius 3 is 2.75 bits per heavy atom. The van der Waals surface area contributed by atoms with Gasteiger partial charge in [0, 0.05) is 0 Å². The van der Waals surface area contributed by atoms with E-state index in [0.717, 1.165) is 0 Å². The third-order valence-corrected chi connectivity index (χ3v) is 2.39. The maximum absolute atomic E-state index is 12.6. The topological polar surface area (TPSA) is 40.7 Å². The molecular formula is C10H10F3N3. The van der Waals surface area contributed by atoms with Crippen molar-refractivity contribution in [2.45, 2.75) is 12.2 Å². The van der Waals surface area contributed by atoms with Crippen molar-refractivity contribution in [2.24, 2.45) is 0 Å². The van der Waals surface area contributed by atoms with Crippen LogP contribution in [0.4, 0.5) is 13.2 Å². The first-order valence-corrected chi connectivity index (χ1v) is 4.69. The van der Waals surface area contributed by atoms with E-state index in [1.54, 1.807) is 6.07 Å². The summed E-state index contributed by atoms with van der Waals surface area (Å²) in [5, 5.41) is 2.26. The Kier molecular flexibility index (Phi) is 2.59. The third kappa shape index (κ3) is 1.88. The molecule has 0 fully saturated rings. The molecule has 1 atom stereocenters. The molecule has 0 aliphatic rings. The van der Waals surface area contributed by atoms with Crippen LogP contribution in [0.25, 0.3) is 11.0 Å². The lowest BCUT2D eigenvalue weighted by atomic mass is 10.1. The summed E-state index contributed by atoms with van der Waals surface area (Å²) in [6.45, 7) is 0. The van der Waals surface area contributed by atoms with Gasteiger partial charge in [-0.3, -0.25) is 0 Å². The van der Waals surface area contributed by atoms with Crippen LogP contribution in [0.1, 0.15) is 11.6 Å². The van der Waals surface area contributed by atoms with E-state index in [9.17, 15) is 13.2 Å². The van der Waals surface area contributed by atoms with Crippen LogP contribution in [0.5, 0.6) is 0 Å². The van der Waals surface area contributed by atoms with Crippen molar-refractivity contribution >= 4 is 11.0 Å². The van der Waals surface area contributed by atoms with Gasteiger partial charge in [0.05, 0.1) is 17.4 Å². The van der Waals surface area contributed by atoms with Crippen molar-refractivity contribution in [2.75, 3.05) is 7.05 Å². The number of benzene rings is 1. The third-order valence-electron chi connectivity index (χ3n) is 2.39. The Bertz CT molecular complexity index is 489. The number of hydrogen-bond donors (Lipinski definition) is 2. The van der Waals surface area contributed by atoms with Crippen LogP contribution < -0.4 is 5.32 Å². The van der Waals surface area contributed by atoms with Crippen LogP contribution in [0.3, 0.4) is 0 Å². The maximum Gasteiger partial charge on any atom is 0.407 e. The van der Waals surface area contributed by atoms with Gasteiger partial charge in [-0.1, -0.05) is 6.07 Å². The molecule has 0 spiro atoms. The molecule has 1 unspecified atom stereocenters. The summed E-state index contributed by atoms with van der Waals surface area (Å²) >= 11 is 0. The number of alkyl halides is 3.